The van der Waals surface area contributed by atoms with Gasteiger partial charge in [-0.25, -0.2) is 13.1 Å². The molecule has 1 unspecified atom stereocenters. The number of nitrogens with zero attached hydrogens (tertiary/aromatic N) is 1. The second kappa shape index (κ2) is 10.3. The third-order valence-electron chi connectivity index (χ3n) is 5.99. The maximum atomic E-state index is 13.4. The zero-order valence-electron chi connectivity index (χ0n) is 20.3. The first-order valence-corrected chi connectivity index (χ1v) is 13.9. The summed E-state index contributed by atoms with van der Waals surface area (Å²) in [5.41, 5.74) is -1.00. The molecule has 204 valence electrons. The van der Waals surface area contributed by atoms with E-state index in [0.717, 1.165) is 22.5 Å². The first kappa shape index (κ1) is 29.0. The van der Waals surface area contributed by atoms with Crippen LogP contribution in [0.15, 0.2) is 59.5 Å². The minimum atomic E-state index is -4.74. The highest BCUT2D eigenvalue weighted by Crippen LogP contribution is 2.38. The Labute approximate surface area is 213 Å². The molecule has 1 amide bonds. The molecule has 3 rings (SSSR count). The first-order chi connectivity index (χ1) is 17.0. The van der Waals surface area contributed by atoms with Gasteiger partial charge in [-0.2, -0.15) is 25.9 Å². The highest BCUT2D eigenvalue weighted by molar-refractivity contribution is 7.92. The number of hydrogen-bond acceptors (Lipinski definition) is 7. The van der Waals surface area contributed by atoms with Crippen LogP contribution in [0.5, 0.6) is 0 Å². The zero-order chi connectivity index (χ0) is 27.7. The van der Waals surface area contributed by atoms with E-state index >= 15 is 0 Å². The number of ether oxygens (including phenoxy) is 2. The Kier molecular flexibility index (Phi) is 8.11. The number of amides is 1. The molecule has 2 aromatic carbocycles. The van der Waals surface area contributed by atoms with Gasteiger partial charge in [-0.3, -0.25) is 4.79 Å². The van der Waals surface area contributed by atoms with Gasteiger partial charge in [0.25, 0.3) is 5.91 Å². The van der Waals surface area contributed by atoms with E-state index in [1.54, 1.807) is 18.2 Å². The number of alkyl halides is 3. The quantitative estimate of drug-likeness (QED) is 0.524. The van der Waals surface area contributed by atoms with Crippen molar-refractivity contribution in [2.24, 2.45) is 0 Å². The average molecular weight is 565 g/mol. The van der Waals surface area contributed by atoms with Crippen LogP contribution in [0.1, 0.15) is 36.2 Å². The second-order valence-corrected chi connectivity index (χ2v) is 13.3. The van der Waals surface area contributed by atoms with Crippen molar-refractivity contribution in [3.05, 3.63) is 65.7 Å². The summed E-state index contributed by atoms with van der Waals surface area (Å²) >= 11 is 0. The largest absolute Gasteiger partial charge is 0.416 e. The standard InChI is InChI=1S/C23H27F3N2O7S2/c1-21(2,36(30,31)19-11-7-10-18(14-19)23(24,25)26)15-22(34-3)16-28(12-13-35-22)37(32,33)27-20(29)17-8-5-4-6-9-17/h4-11,14H,12-13,15-16H2,1-3H3,(H,27,29). The van der Waals surface area contributed by atoms with Crippen LogP contribution in [0.25, 0.3) is 0 Å². The minimum absolute atomic E-state index is 0.116. The SMILES string of the molecule is COC1(CC(C)(C)S(=O)(=O)c2cccc(C(F)(F)F)c2)CN(S(=O)(=O)NC(=O)c2ccccc2)CCO1. The minimum Gasteiger partial charge on any atom is -0.352 e. The van der Waals surface area contributed by atoms with Crippen LogP contribution < -0.4 is 4.72 Å². The summed E-state index contributed by atoms with van der Waals surface area (Å²) in [7, 11) is -7.55. The van der Waals surface area contributed by atoms with Crippen LogP contribution in [0.4, 0.5) is 13.2 Å². The number of hydrogen-bond donors (Lipinski definition) is 1. The van der Waals surface area contributed by atoms with Crippen molar-refractivity contribution in [3.8, 4) is 0 Å². The molecule has 1 N–H and O–H groups in total. The van der Waals surface area contributed by atoms with E-state index < -0.39 is 66.1 Å². The van der Waals surface area contributed by atoms with Crippen LogP contribution in [0.3, 0.4) is 0 Å². The zero-order valence-corrected chi connectivity index (χ0v) is 21.9. The van der Waals surface area contributed by atoms with Gasteiger partial charge in [-0.1, -0.05) is 24.3 Å². The fraction of sp³-hybridized carbons (Fsp3) is 0.435. The molecule has 1 aliphatic rings. The van der Waals surface area contributed by atoms with Gasteiger partial charge < -0.3 is 9.47 Å². The average Bonchev–Trinajstić information content (AvgIpc) is 2.83. The van der Waals surface area contributed by atoms with Crippen molar-refractivity contribution < 1.29 is 44.3 Å². The first-order valence-electron chi connectivity index (χ1n) is 11.0. The van der Waals surface area contributed by atoms with Gasteiger partial charge in [0.2, 0.25) is 0 Å². The van der Waals surface area contributed by atoms with Gasteiger partial charge in [0, 0.05) is 25.6 Å². The predicted octanol–water partition coefficient (Wildman–Crippen LogP) is 3.00. The summed E-state index contributed by atoms with van der Waals surface area (Å²) in [4.78, 5) is 11.9. The van der Waals surface area contributed by atoms with E-state index in [0.29, 0.717) is 6.07 Å². The number of halogens is 3. The van der Waals surface area contributed by atoms with Gasteiger partial charge >= 0.3 is 16.4 Å². The molecule has 1 atom stereocenters. The molecule has 0 saturated carbocycles. The van der Waals surface area contributed by atoms with Crippen molar-refractivity contribution in [2.75, 3.05) is 26.8 Å². The van der Waals surface area contributed by atoms with Crippen LogP contribution >= 0.6 is 0 Å². The summed E-state index contributed by atoms with van der Waals surface area (Å²) in [6.07, 6.45) is -5.16. The molecular weight excluding hydrogens is 537 g/mol. The fourth-order valence-electron chi connectivity index (χ4n) is 3.97. The molecule has 1 saturated heterocycles. The molecule has 37 heavy (non-hydrogen) atoms. The Balaban J connectivity index is 1.85. The lowest BCUT2D eigenvalue weighted by Crippen LogP contribution is -2.59. The fourth-order valence-corrected chi connectivity index (χ4v) is 6.72. The maximum Gasteiger partial charge on any atom is 0.416 e. The predicted molar refractivity (Wildman–Crippen MR) is 127 cm³/mol. The monoisotopic (exact) mass is 564 g/mol. The molecule has 1 heterocycles. The maximum absolute atomic E-state index is 13.4. The number of morpholine rings is 1. The summed E-state index contributed by atoms with van der Waals surface area (Å²) in [5.74, 6) is -2.62. The molecular formula is C23H27F3N2O7S2. The van der Waals surface area contributed by atoms with E-state index in [2.05, 4.69) is 0 Å². The number of methoxy groups -OCH3 is 1. The number of carbonyl (C=O) groups excluding carboxylic acids is 1. The molecule has 9 nitrogen and oxygen atoms in total. The van der Waals surface area contributed by atoms with Gasteiger partial charge in [0.1, 0.15) is 0 Å². The van der Waals surface area contributed by atoms with E-state index in [1.807, 2.05) is 4.72 Å². The molecule has 0 aromatic heterocycles. The topological polar surface area (TPSA) is 119 Å². The summed E-state index contributed by atoms with van der Waals surface area (Å²) in [6.45, 7) is 1.77. The van der Waals surface area contributed by atoms with Gasteiger partial charge in [0.05, 0.1) is 28.4 Å². The molecule has 0 aliphatic carbocycles. The second-order valence-electron chi connectivity index (χ2n) is 9.06. The van der Waals surface area contributed by atoms with E-state index in [-0.39, 0.29) is 18.7 Å². The Morgan fingerprint density at radius 2 is 1.73 bits per heavy atom. The Hall–Kier alpha value is -2.52. The molecule has 14 heteroatoms. The summed E-state index contributed by atoms with van der Waals surface area (Å²) < 4.78 is 104. The Morgan fingerprint density at radius 3 is 2.32 bits per heavy atom. The van der Waals surface area contributed by atoms with Gasteiger partial charge in [-0.15, -0.1) is 0 Å². The lowest BCUT2D eigenvalue weighted by atomic mass is 10.0. The van der Waals surface area contributed by atoms with Crippen LogP contribution in [-0.2, 0) is 35.7 Å². The number of benzene rings is 2. The normalized spacial score (nSPS) is 19.9. The Bertz CT molecular complexity index is 1350. The van der Waals surface area contributed by atoms with Crippen LogP contribution in [-0.4, -0.2) is 64.4 Å². The van der Waals surface area contributed by atoms with Gasteiger partial charge in [-0.05, 0) is 44.2 Å². The molecule has 1 fully saturated rings. The number of rotatable bonds is 8. The summed E-state index contributed by atoms with van der Waals surface area (Å²) in [5, 5.41) is 0. The van der Waals surface area contributed by atoms with Crippen molar-refractivity contribution in [1.82, 2.24) is 9.03 Å². The smallest absolute Gasteiger partial charge is 0.352 e. The lowest BCUT2D eigenvalue weighted by molar-refractivity contribution is -0.251. The molecule has 2 aromatic rings. The summed E-state index contributed by atoms with van der Waals surface area (Å²) in [6, 6.07) is 11.0. The van der Waals surface area contributed by atoms with Crippen molar-refractivity contribution in [3.63, 3.8) is 0 Å². The lowest BCUT2D eigenvalue weighted by Gasteiger charge is -2.44. The van der Waals surface area contributed by atoms with Crippen LogP contribution in [0.2, 0.25) is 0 Å². The molecule has 0 bridgehead atoms. The van der Waals surface area contributed by atoms with Crippen LogP contribution in [0, 0.1) is 0 Å². The Morgan fingerprint density at radius 1 is 1.08 bits per heavy atom. The van der Waals surface area contributed by atoms with Crippen molar-refractivity contribution in [2.45, 2.75) is 41.9 Å². The van der Waals surface area contributed by atoms with E-state index in [4.69, 9.17) is 9.47 Å². The highest BCUT2D eigenvalue weighted by atomic mass is 32.2. The third kappa shape index (κ3) is 6.32. The van der Waals surface area contributed by atoms with Crippen molar-refractivity contribution in [1.29, 1.82) is 0 Å². The number of sulfone groups is 1. The number of carbonyl (C=O) groups is 1. The molecule has 0 radical (unpaired) electrons. The molecule has 1 aliphatic heterocycles. The highest BCUT2D eigenvalue weighted by Gasteiger charge is 2.49. The number of nitrogens with one attached hydrogen (secondary N) is 1. The van der Waals surface area contributed by atoms with E-state index in [9.17, 15) is 34.8 Å². The van der Waals surface area contributed by atoms with E-state index in [1.165, 1.54) is 33.1 Å². The van der Waals surface area contributed by atoms with Gasteiger partial charge in [0.15, 0.2) is 15.6 Å². The third-order valence-corrected chi connectivity index (χ3v) is 9.90. The van der Waals surface area contributed by atoms with Crippen molar-refractivity contribution >= 4 is 26.0 Å². The molecule has 0 spiro atoms.